The Hall–Kier alpha value is -2.37. The van der Waals surface area contributed by atoms with E-state index in [-0.39, 0.29) is 22.7 Å². The molecular weight excluding hydrogens is 329 g/mol. The van der Waals surface area contributed by atoms with E-state index >= 15 is 0 Å². The largest absolute Gasteiger partial charge is 0.417 e. The molecule has 1 aliphatic rings. The SMILES string of the molecule is CC(C)c1ccc(-c2cc(C(F)(F)F)c3c(C4CC4)noc3n2)cc1. The number of halogens is 3. The molecule has 130 valence electrons. The highest BCUT2D eigenvalue weighted by Crippen LogP contribution is 2.46. The van der Waals surface area contributed by atoms with Gasteiger partial charge in [0.25, 0.3) is 5.71 Å². The number of hydrogen-bond acceptors (Lipinski definition) is 3. The Morgan fingerprint density at radius 3 is 2.36 bits per heavy atom. The molecule has 6 heteroatoms. The maximum absolute atomic E-state index is 13.6. The fraction of sp³-hybridized carbons (Fsp3) is 0.368. The summed E-state index contributed by atoms with van der Waals surface area (Å²) in [7, 11) is 0. The number of pyridine rings is 1. The average Bonchev–Trinajstić information content (AvgIpc) is 3.32. The smallest absolute Gasteiger partial charge is 0.335 e. The highest BCUT2D eigenvalue weighted by Gasteiger charge is 2.39. The number of nitrogens with zero attached hydrogens (tertiary/aromatic N) is 2. The lowest BCUT2D eigenvalue weighted by Crippen LogP contribution is -2.07. The van der Waals surface area contributed by atoms with Crippen LogP contribution in [0, 0.1) is 0 Å². The predicted molar refractivity (Wildman–Crippen MR) is 88.3 cm³/mol. The van der Waals surface area contributed by atoms with Gasteiger partial charge in [0.05, 0.1) is 22.3 Å². The summed E-state index contributed by atoms with van der Waals surface area (Å²) < 4.78 is 46.0. The molecule has 0 saturated heterocycles. The molecule has 2 aromatic heterocycles. The van der Waals surface area contributed by atoms with Gasteiger partial charge >= 0.3 is 6.18 Å². The van der Waals surface area contributed by atoms with Gasteiger partial charge < -0.3 is 4.52 Å². The van der Waals surface area contributed by atoms with Crippen molar-refractivity contribution in [2.45, 2.75) is 44.7 Å². The third kappa shape index (κ3) is 2.90. The molecular formula is C19H17F3N2O. The first kappa shape index (κ1) is 16.1. The highest BCUT2D eigenvalue weighted by molar-refractivity contribution is 5.84. The Morgan fingerprint density at radius 2 is 1.80 bits per heavy atom. The zero-order chi connectivity index (χ0) is 17.8. The van der Waals surface area contributed by atoms with Crippen molar-refractivity contribution in [3.05, 3.63) is 47.2 Å². The Labute approximate surface area is 142 Å². The molecule has 1 fully saturated rings. The van der Waals surface area contributed by atoms with Crippen LogP contribution in [0.1, 0.15) is 55.3 Å². The molecule has 25 heavy (non-hydrogen) atoms. The van der Waals surface area contributed by atoms with Crippen LogP contribution < -0.4 is 0 Å². The number of alkyl halides is 3. The van der Waals surface area contributed by atoms with Gasteiger partial charge in [-0.3, -0.25) is 0 Å². The van der Waals surface area contributed by atoms with Crippen LogP contribution in [-0.4, -0.2) is 10.1 Å². The fourth-order valence-electron chi connectivity index (χ4n) is 3.02. The Kier molecular flexibility index (Phi) is 3.60. The maximum Gasteiger partial charge on any atom is 0.417 e. The summed E-state index contributed by atoms with van der Waals surface area (Å²) in [4.78, 5) is 4.30. The maximum atomic E-state index is 13.6. The van der Waals surface area contributed by atoms with Gasteiger partial charge in [0, 0.05) is 11.5 Å². The zero-order valence-electron chi connectivity index (χ0n) is 13.9. The van der Waals surface area contributed by atoms with Crippen LogP contribution in [-0.2, 0) is 6.18 Å². The molecule has 3 nitrogen and oxygen atoms in total. The van der Waals surface area contributed by atoms with Crippen LogP contribution in [0.25, 0.3) is 22.4 Å². The lowest BCUT2D eigenvalue weighted by Gasteiger charge is -2.11. The number of fused-ring (bicyclic) bond motifs is 1. The van der Waals surface area contributed by atoms with Gasteiger partial charge in [0.15, 0.2) is 0 Å². The summed E-state index contributed by atoms with van der Waals surface area (Å²) in [6.07, 6.45) is -2.79. The molecule has 1 saturated carbocycles. The van der Waals surface area contributed by atoms with Crippen LogP contribution in [0.2, 0.25) is 0 Å². The first-order valence-corrected chi connectivity index (χ1v) is 8.32. The van der Waals surface area contributed by atoms with E-state index in [2.05, 4.69) is 24.0 Å². The molecule has 0 N–H and O–H groups in total. The normalized spacial score (nSPS) is 15.3. The van der Waals surface area contributed by atoms with Gasteiger partial charge in [-0.2, -0.15) is 13.2 Å². The highest BCUT2D eigenvalue weighted by atomic mass is 19.4. The van der Waals surface area contributed by atoms with Gasteiger partial charge in [-0.15, -0.1) is 0 Å². The van der Waals surface area contributed by atoms with Crippen molar-refractivity contribution in [1.82, 2.24) is 10.1 Å². The summed E-state index contributed by atoms with van der Waals surface area (Å²) >= 11 is 0. The van der Waals surface area contributed by atoms with Crippen molar-refractivity contribution in [3.63, 3.8) is 0 Å². The zero-order valence-corrected chi connectivity index (χ0v) is 13.9. The minimum atomic E-state index is -4.48. The van der Waals surface area contributed by atoms with Gasteiger partial charge in [-0.1, -0.05) is 43.3 Å². The van der Waals surface area contributed by atoms with Crippen molar-refractivity contribution >= 4 is 11.1 Å². The molecule has 0 atom stereocenters. The second-order valence-electron chi connectivity index (χ2n) is 6.85. The molecule has 4 rings (SSSR count). The van der Waals surface area contributed by atoms with Crippen LogP contribution in [0.3, 0.4) is 0 Å². The second kappa shape index (κ2) is 5.58. The first-order valence-electron chi connectivity index (χ1n) is 8.32. The molecule has 0 aliphatic heterocycles. The summed E-state index contributed by atoms with van der Waals surface area (Å²) in [5, 5.41) is 3.88. The van der Waals surface area contributed by atoms with E-state index in [1.54, 1.807) is 12.1 Å². The monoisotopic (exact) mass is 346 g/mol. The number of rotatable bonds is 3. The van der Waals surface area contributed by atoms with Crippen molar-refractivity contribution in [2.75, 3.05) is 0 Å². The standard InChI is InChI=1S/C19H17F3N2O/c1-10(2)11-3-5-12(6-4-11)15-9-14(19(20,21)22)16-17(13-7-8-13)24-25-18(16)23-15/h3-6,9-10,13H,7-8H2,1-2H3. The van der Waals surface area contributed by atoms with Crippen LogP contribution >= 0.6 is 0 Å². The molecule has 0 radical (unpaired) electrons. The third-order valence-corrected chi connectivity index (χ3v) is 4.62. The topological polar surface area (TPSA) is 38.9 Å². The third-order valence-electron chi connectivity index (χ3n) is 4.62. The van der Waals surface area contributed by atoms with Gasteiger partial charge in [0.2, 0.25) is 0 Å². The van der Waals surface area contributed by atoms with E-state index in [1.807, 2.05) is 12.1 Å². The van der Waals surface area contributed by atoms with Gasteiger partial charge in [-0.25, -0.2) is 4.98 Å². The Balaban J connectivity index is 1.88. The van der Waals surface area contributed by atoms with Gasteiger partial charge in [0.1, 0.15) is 0 Å². The van der Waals surface area contributed by atoms with E-state index in [0.29, 0.717) is 17.2 Å². The molecule has 2 heterocycles. The molecule has 0 bridgehead atoms. The minimum absolute atomic E-state index is 0.0116. The predicted octanol–water partition coefficient (Wildman–Crippen LogP) is 5.91. The van der Waals surface area contributed by atoms with E-state index < -0.39 is 11.7 Å². The van der Waals surface area contributed by atoms with Gasteiger partial charge in [-0.05, 0) is 30.4 Å². The first-order chi connectivity index (χ1) is 11.8. The molecule has 1 aromatic carbocycles. The van der Waals surface area contributed by atoms with Crippen molar-refractivity contribution in [2.24, 2.45) is 0 Å². The Bertz CT molecular complexity index is 922. The van der Waals surface area contributed by atoms with E-state index in [9.17, 15) is 13.2 Å². The fourth-order valence-corrected chi connectivity index (χ4v) is 3.02. The lowest BCUT2D eigenvalue weighted by atomic mass is 9.99. The van der Waals surface area contributed by atoms with Crippen molar-refractivity contribution in [1.29, 1.82) is 0 Å². The summed E-state index contributed by atoms with van der Waals surface area (Å²) in [6.45, 7) is 4.13. The molecule has 1 aliphatic carbocycles. The number of benzene rings is 1. The summed E-state index contributed by atoms with van der Waals surface area (Å²) in [5.74, 6) is 0.408. The second-order valence-corrected chi connectivity index (χ2v) is 6.85. The van der Waals surface area contributed by atoms with E-state index in [0.717, 1.165) is 24.5 Å². The van der Waals surface area contributed by atoms with Crippen LogP contribution in [0.15, 0.2) is 34.9 Å². The number of hydrogen-bond donors (Lipinski definition) is 0. The van der Waals surface area contributed by atoms with Crippen LogP contribution in [0.4, 0.5) is 13.2 Å². The quantitative estimate of drug-likeness (QED) is 0.592. The van der Waals surface area contributed by atoms with Crippen molar-refractivity contribution in [3.8, 4) is 11.3 Å². The minimum Gasteiger partial charge on any atom is -0.335 e. The molecule has 0 spiro atoms. The van der Waals surface area contributed by atoms with E-state index in [1.165, 1.54) is 0 Å². The molecule has 0 unspecified atom stereocenters. The summed E-state index contributed by atoms with van der Waals surface area (Å²) in [6, 6.07) is 8.52. The lowest BCUT2D eigenvalue weighted by molar-refractivity contribution is -0.136. The van der Waals surface area contributed by atoms with Crippen molar-refractivity contribution < 1.29 is 17.7 Å². The molecule has 0 amide bonds. The number of aromatic nitrogens is 2. The van der Waals surface area contributed by atoms with Crippen LogP contribution in [0.5, 0.6) is 0 Å². The summed E-state index contributed by atoms with van der Waals surface area (Å²) in [5.41, 5.74) is 1.62. The molecule has 3 aromatic rings. The Morgan fingerprint density at radius 1 is 1.12 bits per heavy atom. The van der Waals surface area contributed by atoms with E-state index in [4.69, 9.17) is 4.52 Å². The average molecular weight is 346 g/mol.